The summed E-state index contributed by atoms with van der Waals surface area (Å²) in [4.78, 5) is 9.40. The lowest BCUT2D eigenvalue weighted by Crippen LogP contribution is -2.08. The van der Waals surface area contributed by atoms with Crippen molar-refractivity contribution in [3.05, 3.63) is 89.5 Å². The van der Waals surface area contributed by atoms with Gasteiger partial charge in [-0.15, -0.1) is 0 Å². The Balaban J connectivity index is 1.83. The predicted octanol–water partition coefficient (Wildman–Crippen LogP) is 4.50. The minimum Gasteiger partial charge on any atom is -0.382 e. The molecule has 0 radical (unpaired) electrons. The molecule has 2 aromatic heterocycles. The highest BCUT2D eigenvalue weighted by Crippen LogP contribution is 2.36. The number of fused-ring (bicyclic) bond motifs is 2. The molecule has 0 saturated heterocycles. The Morgan fingerprint density at radius 2 is 1.58 bits per heavy atom. The number of sulfone groups is 1. The van der Waals surface area contributed by atoms with E-state index in [1.165, 1.54) is 4.68 Å². The normalized spacial score (nSPS) is 12.2. The van der Waals surface area contributed by atoms with E-state index in [0.29, 0.717) is 16.6 Å². The van der Waals surface area contributed by atoms with Crippen LogP contribution in [-0.2, 0) is 9.84 Å². The lowest BCUT2D eigenvalue weighted by Gasteiger charge is -2.09. The number of benzene rings is 3. The molecule has 5 rings (SSSR count). The molecular weight excluding hydrogens is 434 g/mol. The van der Waals surface area contributed by atoms with Gasteiger partial charge in [0.05, 0.1) is 22.1 Å². The maximum absolute atomic E-state index is 13.9. The van der Waals surface area contributed by atoms with Crippen LogP contribution in [-0.4, -0.2) is 29.3 Å². The monoisotopic (exact) mass is 455 g/mol. The van der Waals surface area contributed by atoms with Gasteiger partial charge in [0.25, 0.3) is 0 Å². The molecule has 7 nitrogen and oxygen atoms in total. The average molecular weight is 456 g/mol. The van der Waals surface area contributed by atoms with Crippen molar-refractivity contribution in [3.63, 3.8) is 0 Å². The van der Waals surface area contributed by atoms with Gasteiger partial charge in [-0.2, -0.15) is 9.78 Å². The number of para-hydroxylation sites is 2. The molecule has 164 valence electrons. The molecule has 3 aromatic carbocycles. The van der Waals surface area contributed by atoms with Gasteiger partial charge >= 0.3 is 0 Å². The third-order valence-corrected chi connectivity index (χ3v) is 7.41. The molecule has 0 fully saturated rings. The molecule has 0 aliphatic carbocycles. The number of nitrogens with two attached hydrogens (primary N) is 1. The lowest BCUT2D eigenvalue weighted by atomic mass is 10.2. The number of nitrogens with zero attached hydrogens (tertiary/aromatic N) is 4. The average Bonchev–Trinajstić information content (AvgIpc) is 3.09. The molecule has 0 aliphatic heterocycles. The van der Waals surface area contributed by atoms with Gasteiger partial charge in [-0.3, -0.25) is 0 Å². The molecule has 2 N–H and O–H groups in total. The van der Waals surface area contributed by atoms with Crippen LogP contribution in [0, 0.1) is 13.8 Å². The van der Waals surface area contributed by atoms with Crippen LogP contribution in [0.5, 0.6) is 0 Å². The highest BCUT2D eigenvalue weighted by molar-refractivity contribution is 7.92. The van der Waals surface area contributed by atoms with E-state index >= 15 is 0 Å². The van der Waals surface area contributed by atoms with Crippen LogP contribution in [0.2, 0.25) is 0 Å². The van der Waals surface area contributed by atoms with Crippen molar-refractivity contribution in [1.82, 2.24) is 14.6 Å². The second kappa shape index (κ2) is 7.83. The van der Waals surface area contributed by atoms with Gasteiger partial charge in [-0.05, 0) is 48.7 Å². The third-order valence-electron chi connectivity index (χ3n) is 5.45. The fourth-order valence-electron chi connectivity index (χ4n) is 3.77. The molecule has 0 unspecified atom stereocenters. The second-order valence-corrected chi connectivity index (χ2v) is 9.69. The molecule has 8 heteroatoms. The van der Waals surface area contributed by atoms with E-state index in [-0.39, 0.29) is 26.8 Å². The first kappa shape index (κ1) is 20.8. The maximum Gasteiger partial charge on any atom is 0.212 e. The Bertz CT molecular complexity index is 1660. The van der Waals surface area contributed by atoms with Crippen molar-refractivity contribution >= 4 is 44.1 Å². The van der Waals surface area contributed by atoms with Gasteiger partial charge in [0.15, 0.2) is 5.65 Å². The minimum absolute atomic E-state index is 0.0339. The van der Waals surface area contributed by atoms with Crippen LogP contribution in [0.1, 0.15) is 16.7 Å². The van der Waals surface area contributed by atoms with E-state index in [9.17, 15) is 8.42 Å². The summed E-state index contributed by atoms with van der Waals surface area (Å²) in [7, 11) is -4.00. The van der Waals surface area contributed by atoms with Crippen LogP contribution in [0.25, 0.3) is 22.2 Å². The summed E-state index contributed by atoms with van der Waals surface area (Å²) in [6, 6.07) is 22.1. The Kier molecular flexibility index (Phi) is 4.94. The molecule has 2 heterocycles. The van der Waals surface area contributed by atoms with Crippen molar-refractivity contribution in [2.75, 3.05) is 5.73 Å². The molecule has 0 saturated carbocycles. The summed E-state index contributed by atoms with van der Waals surface area (Å²) in [6.45, 7) is 3.61. The first-order valence-corrected chi connectivity index (χ1v) is 11.8. The quantitative estimate of drug-likeness (QED) is 0.402. The van der Waals surface area contributed by atoms with Crippen LogP contribution in [0.3, 0.4) is 0 Å². The van der Waals surface area contributed by atoms with Gasteiger partial charge in [-0.1, -0.05) is 54.6 Å². The summed E-state index contributed by atoms with van der Waals surface area (Å²) in [6.07, 6.45) is 1.61. The fourth-order valence-corrected chi connectivity index (χ4v) is 5.58. The number of anilines is 1. The highest BCUT2D eigenvalue weighted by atomic mass is 32.2. The fraction of sp³-hybridized carbons (Fsp3) is 0.0800. The van der Waals surface area contributed by atoms with E-state index in [1.807, 2.05) is 61.5 Å². The molecular formula is C25H21N5O2S. The molecule has 5 aromatic rings. The van der Waals surface area contributed by atoms with Gasteiger partial charge in [0.1, 0.15) is 16.2 Å². The number of rotatable bonds is 4. The third kappa shape index (κ3) is 3.54. The topological polar surface area (TPSA) is 103 Å². The SMILES string of the molecule is Cc1ccc(C)c(S(=O)(=O)c2c(N)n(/N=C\c3ccccc3)c3nc4ccccc4nc23)c1. The summed E-state index contributed by atoms with van der Waals surface area (Å²) in [5, 5.41) is 4.48. The molecule has 0 bridgehead atoms. The largest absolute Gasteiger partial charge is 0.382 e. The number of hydrogen-bond donors (Lipinski definition) is 1. The zero-order valence-electron chi connectivity index (χ0n) is 18.1. The molecule has 0 aliphatic rings. The first-order chi connectivity index (χ1) is 15.9. The summed E-state index contributed by atoms with van der Waals surface area (Å²) in [5.41, 5.74) is 10.4. The highest BCUT2D eigenvalue weighted by Gasteiger charge is 2.31. The number of hydrogen-bond acceptors (Lipinski definition) is 6. The Hall–Kier alpha value is -4.04. The van der Waals surface area contributed by atoms with Crippen molar-refractivity contribution < 1.29 is 8.42 Å². The maximum atomic E-state index is 13.9. The van der Waals surface area contributed by atoms with E-state index in [0.717, 1.165) is 11.1 Å². The van der Waals surface area contributed by atoms with E-state index < -0.39 is 9.84 Å². The van der Waals surface area contributed by atoms with Crippen LogP contribution in [0.15, 0.2) is 87.7 Å². The van der Waals surface area contributed by atoms with Crippen LogP contribution < -0.4 is 5.73 Å². The molecule has 0 atom stereocenters. The second-order valence-electron chi connectivity index (χ2n) is 7.84. The smallest absolute Gasteiger partial charge is 0.212 e. The predicted molar refractivity (Wildman–Crippen MR) is 130 cm³/mol. The van der Waals surface area contributed by atoms with Crippen molar-refractivity contribution in [1.29, 1.82) is 0 Å². The first-order valence-electron chi connectivity index (χ1n) is 10.3. The molecule has 0 amide bonds. The Morgan fingerprint density at radius 1 is 0.909 bits per heavy atom. The van der Waals surface area contributed by atoms with Gasteiger partial charge in [0.2, 0.25) is 9.84 Å². The molecule has 0 spiro atoms. The zero-order valence-corrected chi connectivity index (χ0v) is 18.9. The number of aryl methyl sites for hydroxylation is 2. The summed E-state index contributed by atoms with van der Waals surface area (Å²) in [5.74, 6) is -0.0339. The molecule has 33 heavy (non-hydrogen) atoms. The standard InChI is InChI=1S/C25H21N5O2S/c1-16-12-13-17(2)21(14-16)33(31,32)23-22-25(29-20-11-7-6-10-19(20)28-22)30(24(23)26)27-15-18-8-4-3-5-9-18/h3-15H,26H2,1-2H3/b27-15-. The lowest BCUT2D eigenvalue weighted by molar-refractivity contribution is 0.596. The van der Waals surface area contributed by atoms with E-state index in [2.05, 4.69) is 15.1 Å². The van der Waals surface area contributed by atoms with Gasteiger partial charge in [0, 0.05) is 0 Å². The number of aromatic nitrogens is 3. The van der Waals surface area contributed by atoms with E-state index in [1.54, 1.807) is 31.3 Å². The Morgan fingerprint density at radius 3 is 2.30 bits per heavy atom. The van der Waals surface area contributed by atoms with Crippen molar-refractivity contribution in [2.45, 2.75) is 23.6 Å². The minimum atomic E-state index is -4.00. The van der Waals surface area contributed by atoms with Crippen LogP contribution >= 0.6 is 0 Å². The van der Waals surface area contributed by atoms with Gasteiger partial charge < -0.3 is 5.73 Å². The van der Waals surface area contributed by atoms with E-state index in [4.69, 9.17) is 5.73 Å². The summed E-state index contributed by atoms with van der Waals surface area (Å²) >= 11 is 0. The summed E-state index contributed by atoms with van der Waals surface area (Å²) < 4.78 is 29.1. The van der Waals surface area contributed by atoms with Gasteiger partial charge in [-0.25, -0.2) is 18.4 Å². The number of nitrogen functional groups attached to an aromatic ring is 1. The Labute approximate surface area is 191 Å². The van der Waals surface area contributed by atoms with Crippen molar-refractivity contribution in [2.24, 2.45) is 5.10 Å². The zero-order chi connectivity index (χ0) is 23.2. The van der Waals surface area contributed by atoms with Crippen LogP contribution in [0.4, 0.5) is 5.82 Å². The van der Waals surface area contributed by atoms with Crippen molar-refractivity contribution in [3.8, 4) is 0 Å².